The van der Waals surface area contributed by atoms with Gasteiger partial charge in [-0.2, -0.15) is 0 Å². The van der Waals surface area contributed by atoms with Crippen molar-refractivity contribution in [2.45, 2.75) is 219 Å². The lowest BCUT2D eigenvalue weighted by molar-refractivity contribution is -0.319. The van der Waals surface area contributed by atoms with Crippen molar-refractivity contribution >= 4 is 11.7 Å². The van der Waals surface area contributed by atoms with Crippen LogP contribution in [0.2, 0.25) is 0 Å². The van der Waals surface area contributed by atoms with Crippen LogP contribution in [0.5, 0.6) is 0 Å². The number of benzene rings is 1. The van der Waals surface area contributed by atoms with Gasteiger partial charge in [-0.05, 0) is 97.0 Å². The molecule has 75 heavy (non-hydrogen) atoms. The van der Waals surface area contributed by atoms with E-state index >= 15 is 0 Å². The first kappa shape index (κ1) is 63.2. The molecule has 1 aromatic rings. The zero-order valence-corrected chi connectivity index (χ0v) is 48.9. The number of esters is 1. The average Bonchev–Trinajstić information content (AvgIpc) is 3.37. The Hall–Kier alpha value is -2.62. The largest absolute Gasteiger partial charge is 0.459 e. The molecule has 430 valence electrons. The molecule has 1 aromatic carbocycles. The van der Waals surface area contributed by atoms with E-state index in [1.807, 2.05) is 40.8 Å². The van der Waals surface area contributed by atoms with E-state index in [2.05, 4.69) is 72.7 Å². The Morgan fingerprint density at radius 1 is 0.840 bits per heavy atom. The maximum atomic E-state index is 14.8. The second-order valence-corrected chi connectivity index (χ2v) is 24.1. The molecule has 18 atom stereocenters. The Morgan fingerprint density at radius 3 is 2.05 bits per heavy atom. The van der Waals surface area contributed by atoms with Crippen molar-refractivity contribution in [1.82, 2.24) is 14.7 Å². The highest BCUT2D eigenvalue weighted by Crippen LogP contribution is 2.42. The smallest absolute Gasteiger partial charge is 0.311 e. The number of carbonyl (C=O) groups excluding carboxylic acids is 1. The van der Waals surface area contributed by atoms with Crippen molar-refractivity contribution in [2.75, 3.05) is 67.1 Å². The second-order valence-electron chi connectivity index (χ2n) is 24.1. The van der Waals surface area contributed by atoms with Crippen LogP contribution in [0.25, 0.3) is 0 Å². The number of oxime groups is 1. The standard InChI is InChI=1S/C58H100N4O13/c1-18-45-58(14,67)50(64)38(5)47(59-70-31-21-20-26-62-29-27-61(19-2)28-30-62)36(3)33-57(13,69-17)52(39(6)49(40(7)53(66)73-45)74-46-34-56(12,68-16)51(65)41(8)72-46)75-54-48(63)44(32-37(4)71-54)60(15)35-42-22-24-43(25-23-42)55(9,10)11/h20-25,36-41,44-46,48-52,54,63-65,67H,18-19,26-35H2,1-17H3/b21-20+,59-47+/t36-,37-,38+,39+,40-,41+,44+,45-,46+,48-,49+,50-,51+,52-,54+,56-,57+,58-/m1/s1. The first-order valence-corrected chi connectivity index (χ1v) is 27.9. The molecule has 0 aliphatic carbocycles. The highest BCUT2D eigenvalue weighted by molar-refractivity contribution is 5.88. The molecule has 4 heterocycles. The number of aliphatic hydroxyl groups excluding tert-OH is 3. The number of piperazine rings is 1. The fraction of sp³-hybridized carbons (Fsp3) is 0.828. The maximum Gasteiger partial charge on any atom is 0.311 e. The number of ether oxygens (including phenoxy) is 7. The van der Waals surface area contributed by atoms with Crippen LogP contribution in [0.15, 0.2) is 41.6 Å². The summed E-state index contributed by atoms with van der Waals surface area (Å²) >= 11 is 0. The minimum absolute atomic E-state index is 0.0121. The van der Waals surface area contributed by atoms with E-state index in [-0.39, 0.29) is 43.4 Å². The minimum Gasteiger partial charge on any atom is -0.459 e. The number of aliphatic hydroxyl groups is 4. The average molecular weight is 1060 g/mol. The summed E-state index contributed by atoms with van der Waals surface area (Å²) < 4.78 is 45.9. The number of likely N-dealkylation sites (N-methyl/N-ethyl adjacent to an activating group) is 2. The molecule has 17 nitrogen and oxygen atoms in total. The van der Waals surface area contributed by atoms with Crippen LogP contribution in [-0.4, -0.2) is 198 Å². The van der Waals surface area contributed by atoms with Crippen molar-refractivity contribution in [2.24, 2.45) is 28.8 Å². The topological polar surface area (TPSA) is 194 Å². The van der Waals surface area contributed by atoms with Crippen molar-refractivity contribution < 1.29 is 63.2 Å². The fourth-order valence-electron chi connectivity index (χ4n) is 11.9. The third-order valence-corrected chi connectivity index (χ3v) is 17.2. The maximum absolute atomic E-state index is 14.8. The summed E-state index contributed by atoms with van der Waals surface area (Å²) in [6.45, 7) is 33.5. The molecule has 4 saturated heterocycles. The zero-order chi connectivity index (χ0) is 55.8. The lowest BCUT2D eigenvalue weighted by atomic mass is 9.73. The van der Waals surface area contributed by atoms with Crippen LogP contribution in [0.3, 0.4) is 0 Å². The van der Waals surface area contributed by atoms with Gasteiger partial charge in [0.1, 0.15) is 30.5 Å². The molecule has 4 aliphatic heterocycles. The molecule has 0 amide bonds. The Balaban J connectivity index is 1.56. The summed E-state index contributed by atoms with van der Waals surface area (Å²) in [5, 5.41) is 52.9. The van der Waals surface area contributed by atoms with E-state index in [1.165, 1.54) is 19.6 Å². The Bertz CT molecular complexity index is 1980. The number of hydrogen-bond donors (Lipinski definition) is 4. The van der Waals surface area contributed by atoms with E-state index in [9.17, 15) is 25.2 Å². The monoisotopic (exact) mass is 1060 g/mol. The van der Waals surface area contributed by atoms with Gasteiger partial charge in [-0.15, -0.1) is 0 Å². The van der Waals surface area contributed by atoms with Gasteiger partial charge < -0.3 is 63.3 Å². The third kappa shape index (κ3) is 15.6. The second kappa shape index (κ2) is 27.0. The van der Waals surface area contributed by atoms with Gasteiger partial charge in [-0.3, -0.25) is 14.6 Å². The van der Waals surface area contributed by atoms with Crippen LogP contribution in [-0.2, 0) is 54.7 Å². The first-order valence-electron chi connectivity index (χ1n) is 27.9. The summed E-state index contributed by atoms with van der Waals surface area (Å²) in [6, 6.07) is 8.24. The number of carbonyl (C=O) groups is 1. The highest BCUT2D eigenvalue weighted by Gasteiger charge is 2.54. The van der Waals surface area contributed by atoms with E-state index in [1.54, 1.807) is 41.7 Å². The van der Waals surface area contributed by atoms with E-state index in [0.29, 0.717) is 18.7 Å². The van der Waals surface area contributed by atoms with E-state index in [0.717, 1.165) is 44.8 Å². The predicted molar refractivity (Wildman–Crippen MR) is 290 cm³/mol. The van der Waals surface area contributed by atoms with Crippen molar-refractivity contribution in [3.8, 4) is 0 Å². The summed E-state index contributed by atoms with van der Waals surface area (Å²) in [4.78, 5) is 27.8. The molecule has 4 fully saturated rings. The molecule has 0 unspecified atom stereocenters. The van der Waals surface area contributed by atoms with Gasteiger partial charge in [0, 0.05) is 83.7 Å². The zero-order valence-electron chi connectivity index (χ0n) is 48.9. The Morgan fingerprint density at radius 2 is 1.47 bits per heavy atom. The highest BCUT2D eigenvalue weighted by atomic mass is 16.7. The van der Waals surface area contributed by atoms with Crippen LogP contribution in [0, 0.1) is 23.7 Å². The van der Waals surface area contributed by atoms with Gasteiger partial charge >= 0.3 is 5.97 Å². The number of nitrogens with zero attached hydrogens (tertiary/aromatic N) is 4. The quantitative estimate of drug-likeness (QED) is 0.0623. The number of methoxy groups -OCH3 is 2. The predicted octanol–water partition coefficient (Wildman–Crippen LogP) is 6.30. The molecular formula is C58H100N4O13. The lowest BCUT2D eigenvalue weighted by Gasteiger charge is -2.50. The van der Waals surface area contributed by atoms with Crippen LogP contribution < -0.4 is 0 Å². The van der Waals surface area contributed by atoms with E-state index in [4.69, 9.17) is 43.2 Å². The van der Waals surface area contributed by atoms with Crippen molar-refractivity contribution in [3.05, 3.63) is 47.5 Å². The molecular weight excluding hydrogens is 961 g/mol. The minimum atomic E-state index is -1.93. The van der Waals surface area contributed by atoms with Crippen LogP contribution >= 0.6 is 0 Å². The normalized spacial score (nSPS) is 40.2. The summed E-state index contributed by atoms with van der Waals surface area (Å²) in [5.41, 5.74) is -1.41. The molecule has 0 spiro atoms. The van der Waals surface area contributed by atoms with Gasteiger partial charge in [0.2, 0.25) is 0 Å². The summed E-state index contributed by atoms with van der Waals surface area (Å²) in [5.74, 6) is -3.70. The summed E-state index contributed by atoms with van der Waals surface area (Å²) in [6.07, 6.45) is -4.70. The van der Waals surface area contributed by atoms with Gasteiger partial charge in [0.05, 0.1) is 53.4 Å². The summed E-state index contributed by atoms with van der Waals surface area (Å²) in [7, 11) is 5.13. The molecule has 5 rings (SSSR count). The molecule has 0 aromatic heterocycles. The van der Waals surface area contributed by atoms with Gasteiger partial charge in [-0.25, -0.2) is 0 Å². The molecule has 4 N–H and O–H groups in total. The van der Waals surface area contributed by atoms with Crippen molar-refractivity contribution in [3.63, 3.8) is 0 Å². The third-order valence-electron chi connectivity index (χ3n) is 17.2. The lowest BCUT2D eigenvalue weighted by Crippen LogP contribution is -2.61. The van der Waals surface area contributed by atoms with Gasteiger partial charge in [0.25, 0.3) is 0 Å². The van der Waals surface area contributed by atoms with Gasteiger partial charge in [-0.1, -0.05) is 90.9 Å². The Labute approximate surface area is 450 Å². The number of rotatable bonds is 16. The Kier molecular flexibility index (Phi) is 22.8. The number of cyclic esters (lactones) is 1. The first-order chi connectivity index (χ1) is 35.1. The van der Waals surface area contributed by atoms with Crippen LogP contribution in [0.4, 0.5) is 0 Å². The fourth-order valence-corrected chi connectivity index (χ4v) is 11.9. The molecule has 0 radical (unpaired) electrons. The van der Waals surface area contributed by atoms with Gasteiger partial charge in [0.15, 0.2) is 12.6 Å². The molecule has 17 heteroatoms. The van der Waals surface area contributed by atoms with Crippen molar-refractivity contribution in [1.29, 1.82) is 0 Å². The molecule has 0 bridgehead atoms. The SMILES string of the molecule is CC[C@H]1OC(=O)[C@H](C)[C@@H](O[C@H]2C[C@@](C)(OC)[C@@H](O)[C@H](C)O2)[C@H](C)[C@@H](O[C@@H]2O[C@H](C)C[C@H](N(C)Cc3ccc(C(C)(C)C)cc3)[C@H]2O)[C@@](C)(OC)C[C@@H](C)/C(=N\OC/C=C/CN2CCN(CC)CC2)[C@H](C)[C@@H](O)[C@]1(C)O. The molecule has 0 saturated carbocycles. The molecule has 4 aliphatic rings. The van der Waals surface area contributed by atoms with Crippen LogP contribution in [0.1, 0.15) is 134 Å². The number of hydrogen-bond acceptors (Lipinski definition) is 17. The van der Waals surface area contributed by atoms with E-state index < -0.39 is 102 Å².